The van der Waals surface area contributed by atoms with Crippen LogP contribution >= 0.6 is 23.2 Å². The number of nitrogens with one attached hydrogen (secondary N) is 3. The molecule has 0 saturated carbocycles. The van der Waals surface area contributed by atoms with Crippen molar-refractivity contribution in [2.45, 2.75) is 12.6 Å². The van der Waals surface area contributed by atoms with E-state index in [1.165, 1.54) is 12.4 Å². The third kappa shape index (κ3) is 6.14. The highest BCUT2D eigenvalue weighted by Gasteiger charge is 2.30. The monoisotopic (exact) mass is 564 g/mol. The fourth-order valence-electron chi connectivity index (χ4n) is 3.07. The van der Waals surface area contributed by atoms with Crippen molar-refractivity contribution in [2.75, 3.05) is 17.2 Å². The summed E-state index contributed by atoms with van der Waals surface area (Å²) >= 11 is 12.1. The Morgan fingerprint density at radius 3 is 2.46 bits per heavy atom. The molecule has 3 N–H and O–H groups in total. The van der Waals surface area contributed by atoms with Gasteiger partial charge in [0, 0.05) is 18.5 Å². The van der Waals surface area contributed by atoms with Crippen molar-refractivity contribution < 1.29 is 35.9 Å². The highest BCUT2D eigenvalue weighted by Crippen LogP contribution is 2.33. The molecular weight excluding hydrogens is 553 g/mol. The molecule has 0 unspecified atom stereocenters. The van der Waals surface area contributed by atoms with Crippen LogP contribution in [0.1, 0.15) is 22.5 Å². The molecule has 0 aliphatic rings. The van der Waals surface area contributed by atoms with E-state index in [-0.39, 0.29) is 32.7 Å². The number of ether oxygens (including phenoxy) is 1. The van der Waals surface area contributed by atoms with Gasteiger partial charge in [0.2, 0.25) is 5.95 Å². The number of amides is 1. The van der Waals surface area contributed by atoms with Crippen LogP contribution < -0.4 is 15.4 Å². The Kier molecular flexibility index (Phi) is 7.32. The zero-order valence-electron chi connectivity index (χ0n) is 17.9. The van der Waals surface area contributed by atoms with Crippen LogP contribution in [0.25, 0.3) is 11.0 Å². The average molecular weight is 565 g/mol. The van der Waals surface area contributed by atoms with Gasteiger partial charge in [-0.3, -0.25) is 9.78 Å². The first-order chi connectivity index (χ1) is 17.4. The van der Waals surface area contributed by atoms with Gasteiger partial charge in [0.25, 0.3) is 12.3 Å². The second-order valence-corrected chi connectivity index (χ2v) is 8.09. The zero-order valence-corrected chi connectivity index (χ0v) is 19.4. The lowest BCUT2D eigenvalue weighted by Gasteiger charge is -2.13. The average Bonchev–Trinajstić information content (AvgIpc) is 3.21. The highest BCUT2D eigenvalue weighted by molar-refractivity contribution is 6.39. The summed E-state index contributed by atoms with van der Waals surface area (Å²) in [5.41, 5.74) is -1.13. The second kappa shape index (κ2) is 10.3. The van der Waals surface area contributed by atoms with E-state index < -0.39 is 53.8 Å². The van der Waals surface area contributed by atoms with E-state index in [1.807, 2.05) is 0 Å². The maximum atomic E-state index is 13.5. The summed E-state index contributed by atoms with van der Waals surface area (Å²) in [6.07, 6.45) is -5.38. The first-order valence-electron chi connectivity index (χ1n) is 9.96. The normalized spacial score (nSPS) is 11.7. The van der Waals surface area contributed by atoms with Gasteiger partial charge in [-0.05, 0) is 18.2 Å². The van der Waals surface area contributed by atoms with Crippen molar-refractivity contribution in [2.24, 2.45) is 0 Å². The van der Waals surface area contributed by atoms with Gasteiger partial charge < -0.3 is 20.4 Å². The van der Waals surface area contributed by atoms with E-state index in [0.29, 0.717) is 6.07 Å². The topological polar surface area (TPSA) is 105 Å². The van der Waals surface area contributed by atoms with Gasteiger partial charge in [0.1, 0.15) is 17.3 Å². The maximum Gasteiger partial charge on any atom is 0.422 e. The third-order valence-corrected chi connectivity index (χ3v) is 5.21. The first-order valence-corrected chi connectivity index (χ1v) is 10.7. The maximum absolute atomic E-state index is 13.5. The SMILES string of the molecule is O=C(Nc1ccc(F)c(C(F)F)n1)c1cc2nc(Nc3c(Cl)cncc3Cl)[nH]c2cc1OCC(F)(F)F. The number of aromatic amines is 1. The standard InChI is InChI=1S/C21H12Cl2F6N6O2/c22-9-5-30-6-10(23)16(9)35-20-31-12-3-8(14(4-13(12)32-20)37-7-21(27,28)29)19(36)34-15-2-1-11(24)17(33-15)18(25)26/h1-6,18H,7H2,(H,33,34,36)(H2,30,31,32,35). The Morgan fingerprint density at radius 2 is 1.81 bits per heavy atom. The molecule has 0 spiro atoms. The number of alkyl halides is 5. The molecule has 0 radical (unpaired) electrons. The number of pyridine rings is 2. The largest absolute Gasteiger partial charge is 0.483 e. The quantitative estimate of drug-likeness (QED) is 0.216. The Balaban J connectivity index is 1.70. The Bertz CT molecular complexity index is 1460. The number of hydrogen-bond donors (Lipinski definition) is 3. The molecule has 0 aliphatic heterocycles. The Morgan fingerprint density at radius 1 is 1.11 bits per heavy atom. The smallest absolute Gasteiger partial charge is 0.422 e. The molecule has 1 amide bonds. The minimum absolute atomic E-state index is 0.0612. The summed E-state index contributed by atoms with van der Waals surface area (Å²) < 4.78 is 82.7. The van der Waals surface area contributed by atoms with E-state index >= 15 is 0 Å². The molecule has 0 saturated heterocycles. The number of halogens is 8. The van der Waals surface area contributed by atoms with Crippen LogP contribution in [0.5, 0.6) is 5.75 Å². The van der Waals surface area contributed by atoms with E-state index in [1.54, 1.807) is 0 Å². The Hall–Kier alpha value is -3.78. The van der Waals surface area contributed by atoms with Gasteiger partial charge in [-0.2, -0.15) is 13.2 Å². The molecule has 0 aliphatic carbocycles. The fraction of sp³-hybridized carbons (Fsp3) is 0.143. The number of hydrogen-bond acceptors (Lipinski definition) is 6. The van der Waals surface area contributed by atoms with Gasteiger partial charge in [-0.1, -0.05) is 23.2 Å². The zero-order chi connectivity index (χ0) is 26.9. The molecule has 3 aromatic heterocycles. The van der Waals surface area contributed by atoms with Crippen LogP contribution in [0, 0.1) is 5.82 Å². The van der Waals surface area contributed by atoms with Crippen LogP contribution in [-0.2, 0) is 0 Å². The van der Waals surface area contributed by atoms with Gasteiger partial charge in [-0.15, -0.1) is 0 Å². The third-order valence-electron chi connectivity index (χ3n) is 4.64. The summed E-state index contributed by atoms with van der Waals surface area (Å²) in [6.45, 7) is -1.73. The molecule has 4 rings (SSSR count). The summed E-state index contributed by atoms with van der Waals surface area (Å²) in [6, 6.07) is 3.76. The first kappa shape index (κ1) is 26.3. The number of nitrogens with zero attached hydrogens (tertiary/aromatic N) is 3. The molecule has 0 fully saturated rings. The molecule has 4 aromatic rings. The van der Waals surface area contributed by atoms with Gasteiger partial charge in [0.15, 0.2) is 12.4 Å². The number of aromatic nitrogens is 4. The summed E-state index contributed by atoms with van der Waals surface area (Å²) in [5.74, 6) is -3.28. The molecule has 8 nitrogen and oxygen atoms in total. The summed E-state index contributed by atoms with van der Waals surface area (Å²) in [7, 11) is 0. The van der Waals surface area contributed by atoms with Crippen molar-refractivity contribution in [3.63, 3.8) is 0 Å². The molecule has 16 heteroatoms. The van der Waals surface area contributed by atoms with E-state index in [2.05, 4.69) is 30.6 Å². The van der Waals surface area contributed by atoms with Crippen molar-refractivity contribution in [1.29, 1.82) is 0 Å². The van der Waals surface area contributed by atoms with Crippen molar-refractivity contribution in [3.8, 4) is 5.75 Å². The number of benzene rings is 1. The number of fused-ring (bicyclic) bond motifs is 1. The van der Waals surface area contributed by atoms with Crippen molar-refractivity contribution in [3.05, 3.63) is 63.8 Å². The number of carbonyl (C=O) groups is 1. The second-order valence-electron chi connectivity index (χ2n) is 7.28. The van der Waals surface area contributed by atoms with Crippen LogP contribution in [0.15, 0.2) is 36.7 Å². The van der Waals surface area contributed by atoms with Crippen LogP contribution in [0.3, 0.4) is 0 Å². The van der Waals surface area contributed by atoms with Crippen LogP contribution in [0.4, 0.5) is 43.8 Å². The highest BCUT2D eigenvalue weighted by atomic mass is 35.5. The van der Waals surface area contributed by atoms with Gasteiger partial charge in [0.05, 0.1) is 32.3 Å². The number of rotatable bonds is 7. The van der Waals surface area contributed by atoms with Crippen molar-refractivity contribution in [1.82, 2.24) is 19.9 Å². The number of imidazole rings is 1. The number of H-pyrrole nitrogens is 1. The summed E-state index contributed by atoms with van der Waals surface area (Å²) in [4.78, 5) is 27.0. The fourth-order valence-corrected chi connectivity index (χ4v) is 3.53. The molecule has 37 heavy (non-hydrogen) atoms. The molecule has 194 valence electrons. The summed E-state index contributed by atoms with van der Waals surface area (Å²) in [5, 5.41) is 5.25. The molecule has 1 aromatic carbocycles. The van der Waals surface area contributed by atoms with Gasteiger partial charge >= 0.3 is 6.18 Å². The number of anilines is 3. The molecule has 0 bridgehead atoms. The predicted molar refractivity (Wildman–Crippen MR) is 122 cm³/mol. The molecule has 3 heterocycles. The minimum atomic E-state index is -4.73. The van der Waals surface area contributed by atoms with Crippen molar-refractivity contribution >= 4 is 57.6 Å². The lowest BCUT2D eigenvalue weighted by molar-refractivity contribution is -0.153. The molecular formula is C21H12Cl2F6N6O2. The van der Waals surface area contributed by atoms with Crippen LogP contribution in [0.2, 0.25) is 10.0 Å². The van der Waals surface area contributed by atoms with Gasteiger partial charge in [-0.25, -0.2) is 23.1 Å². The number of carbonyl (C=O) groups excluding carboxylic acids is 1. The predicted octanol–water partition coefficient (Wildman–Crippen LogP) is 6.67. The minimum Gasteiger partial charge on any atom is -0.483 e. The molecule has 0 atom stereocenters. The lowest BCUT2D eigenvalue weighted by atomic mass is 10.1. The van der Waals surface area contributed by atoms with E-state index in [0.717, 1.165) is 18.2 Å². The lowest BCUT2D eigenvalue weighted by Crippen LogP contribution is -2.21. The Labute approximate surface area is 213 Å². The van der Waals surface area contributed by atoms with E-state index in [9.17, 15) is 31.1 Å². The van der Waals surface area contributed by atoms with E-state index in [4.69, 9.17) is 27.9 Å². The van der Waals surface area contributed by atoms with Crippen LogP contribution in [-0.4, -0.2) is 38.6 Å².